The summed E-state index contributed by atoms with van der Waals surface area (Å²) < 4.78 is 0. The molecule has 0 aromatic heterocycles. The van der Waals surface area contributed by atoms with Crippen LogP contribution in [0.15, 0.2) is 12.1 Å². The van der Waals surface area contributed by atoms with Crippen LogP contribution in [0.25, 0.3) is 0 Å². The molecule has 3 heteroatoms. The second-order valence-electron chi connectivity index (χ2n) is 4.40. The Bertz CT molecular complexity index is 342. The molecule has 0 saturated heterocycles. The molecule has 0 saturated carbocycles. The van der Waals surface area contributed by atoms with E-state index in [9.17, 15) is 5.11 Å². The minimum Gasteiger partial charge on any atom is -0.506 e. The van der Waals surface area contributed by atoms with Gasteiger partial charge < -0.3 is 10.8 Å². The second-order valence-corrected chi connectivity index (χ2v) is 4.80. The first-order chi connectivity index (χ1) is 6.29. The maximum Gasteiger partial charge on any atom is 0.134 e. The highest BCUT2D eigenvalue weighted by atomic mass is 35.5. The lowest BCUT2D eigenvalue weighted by Crippen LogP contribution is -2.34. The van der Waals surface area contributed by atoms with Gasteiger partial charge >= 0.3 is 0 Å². The Balaban J connectivity index is 3.04. The summed E-state index contributed by atoms with van der Waals surface area (Å²) in [6, 6.07) is 3.45. The molecule has 1 aromatic carbocycles. The molecule has 0 heterocycles. The van der Waals surface area contributed by atoms with Gasteiger partial charge in [0.05, 0.1) is 5.02 Å². The fraction of sp³-hybridized carbons (Fsp3) is 0.455. The van der Waals surface area contributed by atoms with E-state index >= 15 is 0 Å². The Kier molecular flexibility index (Phi) is 3.07. The summed E-state index contributed by atoms with van der Waals surface area (Å²) in [7, 11) is 0. The van der Waals surface area contributed by atoms with E-state index in [-0.39, 0.29) is 11.3 Å². The van der Waals surface area contributed by atoms with Crippen LogP contribution in [-0.4, -0.2) is 10.6 Å². The molecule has 0 atom stereocenters. The van der Waals surface area contributed by atoms with Gasteiger partial charge in [-0.2, -0.15) is 0 Å². The van der Waals surface area contributed by atoms with Crippen molar-refractivity contribution >= 4 is 11.6 Å². The van der Waals surface area contributed by atoms with Gasteiger partial charge in [-0.25, -0.2) is 0 Å². The first-order valence-electron chi connectivity index (χ1n) is 4.56. The number of aryl methyl sites for hydroxylation is 1. The standard InChI is InChI=1S/C11H16ClNO/c1-7-4-10(14)9(12)5-8(7)6-11(2,3)13/h4-5,14H,6,13H2,1-3H3. The summed E-state index contributed by atoms with van der Waals surface area (Å²) in [4.78, 5) is 0. The number of phenols is 1. The van der Waals surface area contributed by atoms with Gasteiger partial charge in [0.2, 0.25) is 0 Å². The Morgan fingerprint density at radius 2 is 2.00 bits per heavy atom. The third-order valence-corrected chi connectivity index (χ3v) is 2.35. The first-order valence-corrected chi connectivity index (χ1v) is 4.94. The summed E-state index contributed by atoms with van der Waals surface area (Å²) in [5, 5.41) is 9.74. The smallest absolute Gasteiger partial charge is 0.134 e. The molecule has 14 heavy (non-hydrogen) atoms. The number of hydrogen-bond acceptors (Lipinski definition) is 2. The maximum absolute atomic E-state index is 9.36. The third kappa shape index (κ3) is 2.89. The fourth-order valence-electron chi connectivity index (χ4n) is 1.39. The summed E-state index contributed by atoms with van der Waals surface area (Å²) >= 11 is 5.82. The van der Waals surface area contributed by atoms with E-state index in [1.54, 1.807) is 12.1 Å². The van der Waals surface area contributed by atoms with Gasteiger partial charge in [0, 0.05) is 5.54 Å². The van der Waals surface area contributed by atoms with E-state index in [2.05, 4.69) is 0 Å². The molecular formula is C11H16ClNO. The van der Waals surface area contributed by atoms with Crippen LogP contribution in [0.1, 0.15) is 25.0 Å². The lowest BCUT2D eigenvalue weighted by atomic mass is 9.93. The number of nitrogens with two attached hydrogens (primary N) is 1. The third-order valence-electron chi connectivity index (χ3n) is 2.05. The molecule has 1 aromatic rings. The second kappa shape index (κ2) is 3.79. The van der Waals surface area contributed by atoms with Crippen molar-refractivity contribution in [3.05, 3.63) is 28.3 Å². The van der Waals surface area contributed by atoms with Gasteiger partial charge in [-0.05, 0) is 50.5 Å². The van der Waals surface area contributed by atoms with Gasteiger partial charge in [-0.1, -0.05) is 11.6 Å². The zero-order chi connectivity index (χ0) is 10.9. The minimum atomic E-state index is -0.259. The van der Waals surface area contributed by atoms with Crippen molar-refractivity contribution in [2.75, 3.05) is 0 Å². The molecule has 0 fully saturated rings. The topological polar surface area (TPSA) is 46.2 Å². The number of halogens is 1. The molecule has 0 aliphatic rings. The van der Waals surface area contributed by atoms with Crippen LogP contribution >= 0.6 is 11.6 Å². The van der Waals surface area contributed by atoms with Crippen molar-refractivity contribution in [2.45, 2.75) is 32.7 Å². The molecule has 1 rings (SSSR count). The van der Waals surface area contributed by atoms with Crippen LogP contribution < -0.4 is 5.73 Å². The Labute approximate surface area is 89.7 Å². The van der Waals surface area contributed by atoms with Crippen molar-refractivity contribution in [2.24, 2.45) is 5.73 Å². The van der Waals surface area contributed by atoms with Gasteiger partial charge in [-0.3, -0.25) is 0 Å². The fourth-order valence-corrected chi connectivity index (χ4v) is 1.58. The number of rotatable bonds is 2. The predicted molar refractivity (Wildman–Crippen MR) is 59.8 cm³/mol. The van der Waals surface area contributed by atoms with E-state index in [4.69, 9.17) is 17.3 Å². The van der Waals surface area contributed by atoms with Gasteiger partial charge in [-0.15, -0.1) is 0 Å². The van der Waals surface area contributed by atoms with Crippen LogP contribution in [0.3, 0.4) is 0 Å². The molecule has 0 unspecified atom stereocenters. The average molecular weight is 214 g/mol. The molecule has 0 bridgehead atoms. The zero-order valence-electron chi connectivity index (χ0n) is 8.76. The molecular weight excluding hydrogens is 198 g/mol. The Morgan fingerprint density at radius 3 is 2.50 bits per heavy atom. The first kappa shape index (κ1) is 11.3. The molecule has 3 N–H and O–H groups in total. The Morgan fingerprint density at radius 1 is 1.43 bits per heavy atom. The summed E-state index contributed by atoms with van der Waals surface area (Å²) in [6.07, 6.45) is 0.749. The molecule has 0 spiro atoms. The summed E-state index contributed by atoms with van der Waals surface area (Å²) in [5.41, 5.74) is 7.76. The van der Waals surface area contributed by atoms with Crippen molar-refractivity contribution in [1.29, 1.82) is 0 Å². The van der Waals surface area contributed by atoms with Gasteiger partial charge in [0.15, 0.2) is 0 Å². The number of benzene rings is 1. The monoisotopic (exact) mass is 213 g/mol. The maximum atomic E-state index is 9.36. The highest BCUT2D eigenvalue weighted by Gasteiger charge is 2.14. The normalized spacial score (nSPS) is 11.8. The van der Waals surface area contributed by atoms with Crippen molar-refractivity contribution < 1.29 is 5.11 Å². The van der Waals surface area contributed by atoms with E-state index in [0.29, 0.717) is 5.02 Å². The van der Waals surface area contributed by atoms with Crippen LogP contribution in [0, 0.1) is 6.92 Å². The van der Waals surface area contributed by atoms with Crippen molar-refractivity contribution in [1.82, 2.24) is 0 Å². The minimum absolute atomic E-state index is 0.128. The summed E-state index contributed by atoms with van der Waals surface area (Å²) in [6.45, 7) is 5.87. The van der Waals surface area contributed by atoms with E-state index in [1.165, 1.54) is 0 Å². The van der Waals surface area contributed by atoms with E-state index in [0.717, 1.165) is 17.5 Å². The molecule has 78 valence electrons. The molecule has 2 nitrogen and oxygen atoms in total. The highest BCUT2D eigenvalue weighted by molar-refractivity contribution is 6.32. The van der Waals surface area contributed by atoms with E-state index < -0.39 is 0 Å². The lowest BCUT2D eigenvalue weighted by Gasteiger charge is -2.20. The predicted octanol–water partition coefficient (Wildman–Crippen LogP) is 2.63. The average Bonchev–Trinajstić information content (AvgIpc) is 1.97. The van der Waals surface area contributed by atoms with Gasteiger partial charge in [0.25, 0.3) is 0 Å². The lowest BCUT2D eigenvalue weighted by molar-refractivity contribution is 0.473. The SMILES string of the molecule is Cc1cc(O)c(Cl)cc1CC(C)(C)N. The van der Waals surface area contributed by atoms with Crippen LogP contribution in [0.2, 0.25) is 5.02 Å². The van der Waals surface area contributed by atoms with Gasteiger partial charge in [0.1, 0.15) is 5.75 Å². The highest BCUT2D eigenvalue weighted by Crippen LogP contribution is 2.28. The zero-order valence-corrected chi connectivity index (χ0v) is 9.52. The van der Waals surface area contributed by atoms with Crippen molar-refractivity contribution in [3.63, 3.8) is 0 Å². The number of hydrogen-bond donors (Lipinski definition) is 2. The molecule has 0 radical (unpaired) electrons. The molecule has 0 aliphatic carbocycles. The van der Waals surface area contributed by atoms with Crippen molar-refractivity contribution in [3.8, 4) is 5.75 Å². The number of aromatic hydroxyl groups is 1. The molecule has 0 amide bonds. The number of phenolic OH excluding ortho intramolecular Hbond substituents is 1. The molecule has 0 aliphatic heterocycles. The summed E-state index contributed by atoms with van der Waals surface area (Å²) in [5.74, 6) is 0.128. The van der Waals surface area contributed by atoms with Crippen LogP contribution in [-0.2, 0) is 6.42 Å². The quantitative estimate of drug-likeness (QED) is 0.794. The Hall–Kier alpha value is -0.730. The largest absolute Gasteiger partial charge is 0.506 e. The van der Waals surface area contributed by atoms with Crippen LogP contribution in [0.5, 0.6) is 5.75 Å². The van der Waals surface area contributed by atoms with E-state index in [1.807, 2.05) is 20.8 Å². The van der Waals surface area contributed by atoms with Crippen LogP contribution in [0.4, 0.5) is 0 Å².